The number of ether oxygens (including phenoxy) is 2. The summed E-state index contributed by atoms with van der Waals surface area (Å²) in [4.78, 5) is 1.42. The minimum Gasteiger partial charge on any atom is -0.399 e. The molecule has 0 radical (unpaired) electrons. The van der Waals surface area contributed by atoms with Gasteiger partial charge >= 0.3 is 7.12 Å². The number of hydrogen-bond donors (Lipinski definition) is 0. The molecular formula is C24H43BO4S. The van der Waals surface area contributed by atoms with Crippen molar-refractivity contribution >= 4 is 23.2 Å². The van der Waals surface area contributed by atoms with E-state index in [0.29, 0.717) is 0 Å². The Balaban J connectivity index is 1.59. The second-order valence-corrected chi connectivity index (χ2v) is 11.1. The molecule has 1 aromatic rings. The average molecular weight is 438 g/mol. The molecule has 1 aliphatic heterocycles. The van der Waals surface area contributed by atoms with Crippen LogP contribution in [-0.4, -0.2) is 44.7 Å². The van der Waals surface area contributed by atoms with E-state index in [1.54, 1.807) is 0 Å². The van der Waals surface area contributed by atoms with Gasteiger partial charge in [0.1, 0.15) is 0 Å². The lowest BCUT2D eigenvalue weighted by molar-refractivity contribution is -0.0126. The second-order valence-electron chi connectivity index (χ2n) is 9.91. The van der Waals surface area contributed by atoms with Crippen LogP contribution in [0.2, 0.25) is 0 Å². The lowest BCUT2D eigenvalue weighted by Crippen LogP contribution is -2.41. The van der Waals surface area contributed by atoms with Crippen LogP contribution in [0.5, 0.6) is 0 Å². The maximum atomic E-state index is 6.16. The smallest absolute Gasteiger partial charge is 0.399 e. The van der Waals surface area contributed by atoms with E-state index in [9.17, 15) is 0 Å². The van der Waals surface area contributed by atoms with Crippen molar-refractivity contribution in [3.05, 3.63) is 17.0 Å². The summed E-state index contributed by atoms with van der Waals surface area (Å²) in [6.45, 7) is 18.1. The largest absolute Gasteiger partial charge is 0.505 e. The van der Waals surface area contributed by atoms with Gasteiger partial charge in [0.15, 0.2) is 0 Å². The highest BCUT2D eigenvalue weighted by atomic mass is 32.1. The van der Waals surface area contributed by atoms with E-state index in [0.717, 1.165) is 45.7 Å². The quantitative estimate of drug-likeness (QED) is 0.279. The highest BCUT2D eigenvalue weighted by Gasteiger charge is 2.52. The third-order valence-electron chi connectivity index (χ3n) is 6.59. The molecule has 1 aromatic heterocycles. The van der Waals surface area contributed by atoms with Gasteiger partial charge in [-0.2, -0.15) is 0 Å². The van der Waals surface area contributed by atoms with Crippen molar-refractivity contribution in [2.75, 3.05) is 26.4 Å². The molecule has 0 aliphatic carbocycles. The van der Waals surface area contributed by atoms with Crippen LogP contribution in [0, 0.1) is 5.41 Å². The molecule has 1 saturated heterocycles. The Hall–Kier alpha value is -0.395. The van der Waals surface area contributed by atoms with Crippen molar-refractivity contribution < 1.29 is 18.8 Å². The summed E-state index contributed by atoms with van der Waals surface area (Å²) in [6.07, 6.45) is 7.05. The standard InChI is InChI=1S/C24H43BO4S/c1-8-24(7,18-26-9-2)19-27-17-13-11-10-12-14-20-15-16-21(30-20)25-28-22(3,4)23(5,6)29-25/h15-16H,8-14,17-19H2,1-7H3. The Morgan fingerprint density at radius 2 is 1.57 bits per heavy atom. The van der Waals surface area contributed by atoms with Gasteiger partial charge in [0, 0.05) is 28.3 Å². The molecule has 0 aromatic carbocycles. The normalized spacial score (nSPS) is 19.9. The van der Waals surface area contributed by atoms with Crippen LogP contribution in [0.15, 0.2) is 12.1 Å². The predicted molar refractivity (Wildman–Crippen MR) is 128 cm³/mol. The van der Waals surface area contributed by atoms with Crippen LogP contribution in [-0.2, 0) is 25.2 Å². The van der Waals surface area contributed by atoms with Gasteiger partial charge in [-0.1, -0.05) is 32.8 Å². The van der Waals surface area contributed by atoms with Crippen LogP contribution in [0.3, 0.4) is 0 Å². The molecule has 0 N–H and O–H groups in total. The minimum atomic E-state index is -0.276. The van der Waals surface area contributed by atoms with Crippen molar-refractivity contribution in [3.63, 3.8) is 0 Å². The third kappa shape index (κ3) is 7.34. The SMILES string of the molecule is CCOCC(C)(CC)COCCCCCCc1ccc(B2OC(C)(C)C(C)(C)O2)s1. The van der Waals surface area contributed by atoms with Gasteiger partial charge in [0.25, 0.3) is 0 Å². The number of unbranched alkanes of at least 4 members (excludes halogenated alkanes) is 3. The molecule has 1 unspecified atom stereocenters. The van der Waals surface area contributed by atoms with Crippen LogP contribution in [0.4, 0.5) is 0 Å². The van der Waals surface area contributed by atoms with E-state index in [1.807, 2.05) is 18.3 Å². The Morgan fingerprint density at radius 1 is 0.933 bits per heavy atom. The molecule has 30 heavy (non-hydrogen) atoms. The van der Waals surface area contributed by atoms with E-state index in [1.165, 1.54) is 28.9 Å². The van der Waals surface area contributed by atoms with Crippen LogP contribution >= 0.6 is 11.3 Å². The highest BCUT2D eigenvalue weighted by molar-refractivity contribution is 7.22. The fourth-order valence-corrected chi connectivity index (χ4v) is 4.40. The van der Waals surface area contributed by atoms with Crippen molar-refractivity contribution in [2.45, 2.75) is 98.2 Å². The molecular weight excluding hydrogens is 395 g/mol. The molecule has 0 spiro atoms. The van der Waals surface area contributed by atoms with Gasteiger partial charge in [0.05, 0.1) is 24.4 Å². The molecule has 1 atom stereocenters. The zero-order valence-electron chi connectivity index (χ0n) is 20.3. The Morgan fingerprint density at radius 3 is 2.20 bits per heavy atom. The van der Waals surface area contributed by atoms with Gasteiger partial charge in [-0.05, 0) is 66.4 Å². The van der Waals surface area contributed by atoms with Gasteiger partial charge in [-0.25, -0.2) is 0 Å². The summed E-state index contributed by atoms with van der Waals surface area (Å²) >= 11 is 1.83. The van der Waals surface area contributed by atoms with Crippen LogP contribution in [0.25, 0.3) is 0 Å². The van der Waals surface area contributed by atoms with E-state index in [4.69, 9.17) is 18.8 Å². The van der Waals surface area contributed by atoms with Gasteiger partial charge in [-0.3, -0.25) is 0 Å². The van der Waals surface area contributed by atoms with Crippen molar-refractivity contribution in [3.8, 4) is 0 Å². The fraction of sp³-hybridized carbons (Fsp3) is 0.833. The van der Waals surface area contributed by atoms with Crippen LogP contribution in [0.1, 0.15) is 85.4 Å². The molecule has 0 amide bonds. The van der Waals surface area contributed by atoms with Crippen molar-refractivity contribution in [1.29, 1.82) is 0 Å². The molecule has 1 fully saturated rings. The third-order valence-corrected chi connectivity index (χ3v) is 7.76. The summed E-state index contributed by atoms with van der Waals surface area (Å²) in [7, 11) is -0.234. The molecule has 2 rings (SSSR count). The molecule has 0 saturated carbocycles. The Bertz CT molecular complexity index is 614. The first-order valence-electron chi connectivity index (χ1n) is 11.7. The number of thiophene rings is 1. The summed E-state index contributed by atoms with van der Waals surface area (Å²) in [5.74, 6) is 0. The predicted octanol–water partition coefficient (Wildman–Crippen LogP) is 5.62. The minimum absolute atomic E-state index is 0.143. The number of aryl methyl sites for hydroxylation is 1. The zero-order chi connectivity index (χ0) is 22.3. The van der Waals surface area contributed by atoms with E-state index < -0.39 is 0 Å². The fourth-order valence-electron chi connectivity index (χ4n) is 3.38. The first-order valence-corrected chi connectivity index (χ1v) is 12.5. The zero-order valence-corrected chi connectivity index (χ0v) is 21.2. The van der Waals surface area contributed by atoms with E-state index in [-0.39, 0.29) is 23.7 Å². The summed E-state index contributed by atoms with van der Waals surface area (Å²) < 4.78 is 25.1. The molecule has 6 heteroatoms. The lowest BCUT2D eigenvalue weighted by Gasteiger charge is -2.32. The van der Waals surface area contributed by atoms with Gasteiger partial charge < -0.3 is 18.8 Å². The molecule has 1 aliphatic rings. The Kier molecular flexibility index (Phi) is 9.88. The Labute approximate surface area is 189 Å². The molecule has 4 nitrogen and oxygen atoms in total. The highest BCUT2D eigenvalue weighted by Crippen LogP contribution is 2.37. The summed E-state index contributed by atoms with van der Waals surface area (Å²) in [5.41, 5.74) is -0.410. The molecule has 172 valence electrons. The molecule has 2 heterocycles. The topological polar surface area (TPSA) is 36.9 Å². The van der Waals surface area contributed by atoms with Gasteiger partial charge in [-0.15, -0.1) is 11.3 Å². The number of hydrogen-bond acceptors (Lipinski definition) is 5. The first-order chi connectivity index (χ1) is 14.1. The molecule has 0 bridgehead atoms. The monoisotopic (exact) mass is 438 g/mol. The summed E-state index contributed by atoms with van der Waals surface area (Å²) in [6, 6.07) is 4.40. The van der Waals surface area contributed by atoms with Crippen LogP contribution < -0.4 is 4.78 Å². The maximum Gasteiger partial charge on any atom is 0.505 e. The lowest BCUT2D eigenvalue weighted by atomic mass is 9.88. The van der Waals surface area contributed by atoms with E-state index >= 15 is 0 Å². The van der Waals surface area contributed by atoms with E-state index in [2.05, 4.69) is 53.7 Å². The first kappa shape index (κ1) is 25.9. The maximum absolute atomic E-state index is 6.16. The number of rotatable bonds is 14. The van der Waals surface area contributed by atoms with Crippen molar-refractivity contribution in [1.82, 2.24) is 0 Å². The van der Waals surface area contributed by atoms with Crippen molar-refractivity contribution in [2.24, 2.45) is 5.41 Å². The second kappa shape index (κ2) is 11.5. The summed E-state index contributed by atoms with van der Waals surface area (Å²) in [5, 5.41) is 0. The average Bonchev–Trinajstić information content (AvgIpc) is 3.24. The van der Waals surface area contributed by atoms with Gasteiger partial charge in [0.2, 0.25) is 0 Å².